The molecule has 0 radical (unpaired) electrons. The molecule has 1 aliphatic rings. The molecule has 2 atom stereocenters. The van der Waals surface area contributed by atoms with E-state index < -0.39 is 17.6 Å². The van der Waals surface area contributed by atoms with Crippen LogP contribution in [0.5, 0.6) is 0 Å². The summed E-state index contributed by atoms with van der Waals surface area (Å²) in [5.74, 6) is 0.380. The monoisotopic (exact) mass is 434 g/mol. The van der Waals surface area contributed by atoms with E-state index in [4.69, 9.17) is 4.42 Å². The second kappa shape index (κ2) is 8.12. The third kappa shape index (κ3) is 3.97. The minimum absolute atomic E-state index is 0.183. The summed E-state index contributed by atoms with van der Waals surface area (Å²) >= 11 is 0. The lowest BCUT2D eigenvalue weighted by atomic mass is 9.97. The number of hydrogen-bond acceptors (Lipinski definition) is 6. The van der Waals surface area contributed by atoms with Crippen LogP contribution in [0, 0.1) is 6.92 Å². The van der Waals surface area contributed by atoms with Crippen molar-refractivity contribution in [3.05, 3.63) is 59.5 Å². The molecule has 0 aliphatic carbocycles. The lowest BCUT2D eigenvalue weighted by Gasteiger charge is -2.26. The van der Waals surface area contributed by atoms with Crippen LogP contribution < -0.4 is 10.6 Å². The van der Waals surface area contributed by atoms with Gasteiger partial charge in [-0.1, -0.05) is 18.2 Å². The second-order valence-electron chi connectivity index (χ2n) is 8.31. The molecule has 166 valence electrons. The molecule has 3 heterocycles. The highest BCUT2D eigenvalue weighted by molar-refractivity contribution is 6.01. The zero-order valence-corrected chi connectivity index (χ0v) is 18.5. The zero-order valence-electron chi connectivity index (χ0n) is 18.5. The number of pyridine rings is 1. The molecule has 4 rings (SSSR count). The van der Waals surface area contributed by atoms with E-state index in [9.17, 15) is 14.7 Å². The summed E-state index contributed by atoms with van der Waals surface area (Å²) in [5.41, 5.74) is 1.51. The van der Waals surface area contributed by atoms with Gasteiger partial charge >= 0.3 is 0 Å². The summed E-state index contributed by atoms with van der Waals surface area (Å²) in [7, 11) is 1.72. The van der Waals surface area contributed by atoms with Crippen molar-refractivity contribution >= 4 is 40.4 Å². The number of amides is 2. The molecule has 1 aromatic carbocycles. The molecule has 0 fully saturated rings. The summed E-state index contributed by atoms with van der Waals surface area (Å²) in [4.78, 5) is 30.7. The number of nitrogens with one attached hydrogen (secondary N) is 2. The number of aromatic nitrogens is 1. The zero-order chi connectivity index (χ0) is 23.0. The van der Waals surface area contributed by atoms with Crippen LogP contribution in [-0.4, -0.2) is 45.5 Å². The van der Waals surface area contributed by atoms with E-state index in [0.717, 1.165) is 22.3 Å². The first-order chi connectivity index (χ1) is 15.2. The van der Waals surface area contributed by atoms with Crippen LogP contribution >= 0.6 is 0 Å². The van der Waals surface area contributed by atoms with Crippen molar-refractivity contribution in [3.8, 4) is 0 Å². The Morgan fingerprint density at radius 2 is 2.12 bits per heavy atom. The average Bonchev–Trinajstić information content (AvgIpc) is 3.04. The second-order valence-corrected chi connectivity index (χ2v) is 8.31. The molecule has 1 aliphatic heterocycles. The Labute approximate surface area is 185 Å². The number of para-hydroxylation sites is 1. The fourth-order valence-electron chi connectivity index (χ4n) is 3.55. The Balaban J connectivity index is 1.48. The van der Waals surface area contributed by atoms with Gasteiger partial charge in [-0.05, 0) is 44.5 Å². The maximum absolute atomic E-state index is 12.6. The maximum atomic E-state index is 12.6. The predicted molar refractivity (Wildman–Crippen MR) is 123 cm³/mol. The van der Waals surface area contributed by atoms with Gasteiger partial charge in [0.2, 0.25) is 5.91 Å². The number of benzene rings is 1. The molecule has 3 aromatic rings. The van der Waals surface area contributed by atoms with Crippen LogP contribution in [0.25, 0.3) is 17.0 Å². The van der Waals surface area contributed by atoms with Gasteiger partial charge in [-0.15, -0.1) is 0 Å². The molecule has 2 aromatic heterocycles. The fraction of sp³-hybridized carbons (Fsp3) is 0.292. The first-order valence-corrected chi connectivity index (χ1v) is 10.4. The number of likely N-dealkylation sites (N-methyl/N-ethyl adjacent to an activating group) is 1. The number of hydrogen-bond donors (Lipinski definition) is 3. The number of aryl methyl sites for hydroxylation is 1. The summed E-state index contributed by atoms with van der Waals surface area (Å²) in [6.07, 6.45) is 4.68. The van der Waals surface area contributed by atoms with Gasteiger partial charge in [-0.2, -0.15) is 0 Å². The topological polar surface area (TPSA) is 108 Å². The molecular formula is C24H26N4O4. The van der Waals surface area contributed by atoms with Crippen LogP contribution in [0.2, 0.25) is 0 Å². The molecule has 0 bridgehead atoms. The standard InChI is InChI=1S/C24H26N4O4/c1-14-17-7-5-6-8-19(17)32-20(14)13-28(4)21(29)10-9-16-11-18-22(25-12-16)27-23(30)24(3,31)15(2)26-18/h5-12,15,26,31H,13H2,1-4H3,(H,25,27,30)/b10-9+/t15-,24-/m1/s1. The van der Waals surface area contributed by atoms with Gasteiger partial charge in [0.15, 0.2) is 11.4 Å². The minimum atomic E-state index is -1.58. The van der Waals surface area contributed by atoms with Crippen molar-refractivity contribution in [2.45, 2.75) is 39.0 Å². The number of nitrogens with zero attached hydrogens (tertiary/aromatic N) is 2. The third-order valence-corrected chi connectivity index (χ3v) is 5.93. The van der Waals surface area contributed by atoms with Crippen LogP contribution in [0.15, 0.2) is 47.0 Å². The summed E-state index contributed by atoms with van der Waals surface area (Å²) < 4.78 is 5.90. The lowest BCUT2D eigenvalue weighted by molar-refractivity contribution is -0.133. The third-order valence-electron chi connectivity index (χ3n) is 5.93. The molecule has 0 saturated heterocycles. The SMILES string of the molecule is Cc1c(CN(C)C(=O)/C=C/c2cnc3c(c2)N[C@H](C)[C@@](C)(O)C(=O)N3)oc2ccccc12. The normalized spacial score (nSPS) is 20.5. The quantitative estimate of drug-likeness (QED) is 0.544. The Hall–Kier alpha value is -3.65. The first-order valence-electron chi connectivity index (χ1n) is 10.4. The Bertz CT molecular complexity index is 1230. The van der Waals surface area contributed by atoms with Crippen molar-refractivity contribution in [3.63, 3.8) is 0 Å². The molecule has 0 saturated carbocycles. The van der Waals surface area contributed by atoms with Crippen LogP contribution in [0.3, 0.4) is 0 Å². The molecule has 3 N–H and O–H groups in total. The van der Waals surface area contributed by atoms with E-state index in [1.807, 2.05) is 31.2 Å². The van der Waals surface area contributed by atoms with E-state index in [-0.39, 0.29) is 5.91 Å². The van der Waals surface area contributed by atoms with Crippen LogP contribution in [0.4, 0.5) is 11.5 Å². The Kier molecular flexibility index (Phi) is 5.48. The van der Waals surface area contributed by atoms with Gasteiger partial charge < -0.3 is 25.1 Å². The van der Waals surface area contributed by atoms with Gasteiger partial charge in [0, 0.05) is 30.3 Å². The van der Waals surface area contributed by atoms with E-state index >= 15 is 0 Å². The van der Waals surface area contributed by atoms with Crippen molar-refractivity contribution in [1.29, 1.82) is 0 Å². The number of fused-ring (bicyclic) bond motifs is 2. The average molecular weight is 434 g/mol. The highest BCUT2D eigenvalue weighted by atomic mass is 16.3. The predicted octanol–water partition coefficient (Wildman–Crippen LogP) is 3.31. The van der Waals surface area contributed by atoms with Crippen molar-refractivity contribution in [2.24, 2.45) is 0 Å². The Morgan fingerprint density at radius 3 is 2.88 bits per heavy atom. The van der Waals surface area contributed by atoms with E-state index in [0.29, 0.717) is 23.6 Å². The molecule has 8 nitrogen and oxygen atoms in total. The number of rotatable bonds is 4. The largest absolute Gasteiger partial charge is 0.459 e. The highest BCUT2D eigenvalue weighted by Crippen LogP contribution is 2.29. The maximum Gasteiger partial charge on any atom is 0.259 e. The van der Waals surface area contributed by atoms with E-state index in [1.54, 1.807) is 37.2 Å². The van der Waals surface area contributed by atoms with Gasteiger partial charge in [0.25, 0.3) is 5.91 Å². The highest BCUT2D eigenvalue weighted by Gasteiger charge is 2.39. The summed E-state index contributed by atoms with van der Waals surface area (Å²) in [6.45, 7) is 5.51. The molecular weight excluding hydrogens is 408 g/mol. The number of carbonyl (C=O) groups is 2. The number of carbonyl (C=O) groups excluding carboxylic acids is 2. The molecule has 0 unspecified atom stereocenters. The van der Waals surface area contributed by atoms with Crippen LogP contribution in [-0.2, 0) is 16.1 Å². The van der Waals surface area contributed by atoms with E-state index in [2.05, 4.69) is 15.6 Å². The fourth-order valence-corrected chi connectivity index (χ4v) is 3.55. The number of anilines is 2. The summed E-state index contributed by atoms with van der Waals surface area (Å²) in [5, 5.41) is 17.2. The van der Waals surface area contributed by atoms with Gasteiger partial charge in [0.1, 0.15) is 11.3 Å². The lowest BCUT2D eigenvalue weighted by Crippen LogP contribution is -2.50. The molecule has 2 amide bonds. The number of furan rings is 1. The molecule has 0 spiro atoms. The van der Waals surface area contributed by atoms with Crippen molar-refractivity contribution < 1.29 is 19.1 Å². The Morgan fingerprint density at radius 1 is 1.38 bits per heavy atom. The minimum Gasteiger partial charge on any atom is -0.459 e. The molecule has 8 heteroatoms. The van der Waals surface area contributed by atoms with Gasteiger partial charge in [0.05, 0.1) is 18.3 Å². The molecule has 32 heavy (non-hydrogen) atoms. The number of aliphatic hydroxyl groups is 1. The first kappa shape index (κ1) is 21.6. The van der Waals surface area contributed by atoms with Gasteiger partial charge in [-0.3, -0.25) is 9.59 Å². The van der Waals surface area contributed by atoms with Crippen molar-refractivity contribution in [2.75, 3.05) is 17.7 Å². The van der Waals surface area contributed by atoms with Crippen LogP contribution in [0.1, 0.15) is 30.7 Å². The van der Waals surface area contributed by atoms with Gasteiger partial charge in [-0.25, -0.2) is 4.98 Å². The van der Waals surface area contributed by atoms with Crippen molar-refractivity contribution in [1.82, 2.24) is 9.88 Å². The summed E-state index contributed by atoms with van der Waals surface area (Å²) in [6, 6.07) is 9.04. The van der Waals surface area contributed by atoms with E-state index in [1.165, 1.54) is 13.0 Å². The smallest absolute Gasteiger partial charge is 0.259 e.